The van der Waals surface area contributed by atoms with Gasteiger partial charge in [-0.25, -0.2) is 0 Å². The van der Waals surface area contributed by atoms with Gasteiger partial charge in [0.2, 0.25) is 17.7 Å². The fourth-order valence-electron chi connectivity index (χ4n) is 3.20. The topological polar surface area (TPSA) is 89.9 Å². The predicted octanol–water partition coefficient (Wildman–Crippen LogP) is 3.01. The van der Waals surface area contributed by atoms with Gasteiger partial charge in [0.25, 0.3) is 0 Å². The van der Waals surface area contributed by atoms with Gasteiger partial charge in [-0.1, -0.05) is 31.8 Å². The van der Waals surface area contributed by atoms with Gasteiger partial charge in [-0.05, 0) is 25.7 Å². The fraction of sp³-hybridized carbons (Fsp3) is 0.750. The van der Waals surface area contributed by atoms with Gasteiger partial charge in [0.1, 0.15) is 0 Å². The molecule has 0 spiro atoms. The van der Waals surface area contributed by atoms with Crippen molar-refractivity contribution in [3.8, 4) is 0 Å². The summed E-state index contributed by atoms with van der Waals surface area (Å²) in [5.74, 6) is 3.62. The molecule has 0 saturated heterocycles. The van der Waals surface area contributed by atoms with Crippen molar-refractivity contribution >= 4 is 0 Å². The smallest absolute Gasteiger partial charge is 0.230 e. The Balaban J connectivity index is 1.49. The Labute approximate surface area is 135 Å². The summed E-state index contributed by atoms with van der Waals surface area (Å²) in [4.78, 5) is 4.67. The maximum atomic E-state index is 5.69. The van der Waals surface area contributed by atoms with E-state index in [1.165, 1.54) is 25.7 Å². The molecule has 0 aromatic carbocycles. The molecule has 7 nitrogen and oxygen atoms in total. The van der Waals surface area contributed by atoms with E-state index in [0.717, 1.165) is 24.6 Å². The Morgan fingerprint density at radius 1 is 1.22 bits per heavy atom. The summed E-state index contributed by atoms with van der Waals surface area (Å²) >= 11 is 0. The minimum atomic E-state index is -0.219. The van der Waals surface area contributed by atoms with Crippen LogP contribution < -0.4 is 5.32 Å². The second kappa shape index (κ2) is 5.70. The number of rotatable bonds is 6. The zero-order valence-corrected chi connectivity index (χ0v) is 13.7. The van der Waals surface area contributed by atoms with Gasteiger partial charge < -0.3 is 8.94 Å². The predicted molar refractivity (Wildman–Crippen MR) is 81.6 cm³/mol. The second-order valence-electron chi connectivity index (χ2n) is 7.06. The van der Waals surface area contributed by atoms with Crippen LogP contribution in [0.4, 0.5) is 0 Å². The van der Waals surface area contributed by atoms with E-state index in [0.29, 0.717) is 24.2 Å². The van der Waals surface area contributed by atoms with Crippen LogP contribution in [-0.2, 0) is 12.1 Å². The van der Waals surface area contributed by atoms with Gasteiger partial charge in [-0.3, -0.25) is 5.32 Å². The molecule has 2 aliphatic carbocycles. The molecule has 0 amide bonds. The number of hydrogen-bond donors (Lipinski definition) is 1. The summed E-state index contributed by atoms with van der Waals surface area (Å²) in [5, 5.41) is 16.0. The lowest BCUT2D eigenvalue weighted by atomic mass is 9.96. The van der Waals surface area contributed by atoms with E-state index in [1.54, 1.807) is 0 Å². The first-order valence-electron chi connectivity index (χ1n) is 8.58. The van der Waals surface area contributed by atoms with E-state index in [4.69, 9.17) is 8.94 Å². The average molecular weight is 317 g/mol. The van der Waals surface area contributed by atoms with Gasteiger partial charge in [0, 0.05) is 11.8 Å². The highest BCUT2D eigenvalue weighted by Crippen LogP contribution is 2.42. The molecule has 7 heteroatoms. The van der Waals surface area contributed by atoms with Crippen molar-refractivity contribution in [2.24, 2.45) is 0 Å². The maximum absolute atomic E-state index is 5.69. The van der Waals surface area contributed by atoms with E-state index < -0.39 is 0 Å². The third-order valence-electron chi connectivity index (χ3n) is 4.81. The summed E-state index contributed by atoms with van der Waals surface area (Å²) in [6.07, 6.45) is 6.70. The van der Waals surface area contributed by atoms with Crippen LogP contribution in [0.2, 0.25) is 0 Å². The largest absolute Gasteiger partial charge is 0.424 e. The molecule has 2 aliphatic rings. The molecule has 2 saturated carbocycles. The molecule has 1 N–H and O–H groups in total. The van der Waals surface area contributed by atoms with Crippen molar-refractivity contribution in [1.82, 2.24) is 25.7 Å². The van der Waals surface area contributed by atoms with Crippen molar-refractivity contribution in [3.63, 3.8) is 0 Å². The molecular weight excluding hydrogens is 294 g/mol. The lowest BCUT2D eigenvalue weighted by Gasteiger charge is -2.25. The highest BCUT2D eigenvalue weighted by molar-refractivity contribution is 5.11. The van der Waals surface area contributed by atoms with Crippen LogP contribution >= 0.6 is 0 Å². The van der Waals surface area contributed by atoms with E-state index in [2.05, 4.69) is 25.7 Å². The van der Waals surface area contributed by atoms with Crippen LogP contribution in [0.3, 0.4) is 0 Å². The number of hydrogen-bond acceptors (Lipinski definition) is 7. The zero-order valence-electron chi connectivity index (χ0n) is 13.7. The monoisotopic (exact) mass is 317 g/mol. The third-order valence-corrected chi connectivity index (χ3v) is 4.81. The fourth-order valence-corrected chi connectivity index (χ4v) is 3.20. The quantitative estimate of drug-likeness (QED) is 0.875. The van der Waals surface area contributed by atoms with Crippen LogP contribution in [0.25, 0.3) is 0 Å². The van der Waals surface area contributed by atoms with E-state index in [9.17, 15) is 0 Å². The molecule has 2 aromatic heterocycles. The summed E-state index contributed by atoms with van der Waals surface area (Å²) in [7, 11) is 0. The van der Waals surface area contributed by atoms with E-state index in [-0.39, 0.29) is 11.5 Å². The molecule has 23 heavy (non-hydrogen) atoms. The molecule has 0 atom stereocenters. The molecule has 2 fully saturated rings. The minimum absolute atomic E-state index is 0.219. The molecular formula is C16H23N5O2. The number of nitrogens with one attached hydrogen (secondary N) is 1. The molecule has 0 radical (unpaired) electrons. The first kappa shape index (κ1) is 14.8. The SMILES string of the molecule is CC(C)c1nnc(CNC2(c3noc(C4CC4)n3)CCCC2)o1. The highest BCUT2D eigenvalue weighted by Gasteiger charge is 2.41. The van der Waals surface area contributed by atoms with Crippen molar-refractivity contribution in [2.45, 2.75) is 76.3 Å². The van der Waals surface area contributed by atoms with Gasteiger partial charge in [-0.15, -0.1) is 10.2 Å². The first-order chi connectivity index (χ1) is 11.2. The first-order valence-corrected chi connectivity index (χ1v) is 8.58. The van der Waals surface area contributed by atoms with Crippen LogP contribution in [0.1, 0.15) is 87.7 Å². The molecule has 124 valence electrons. The summed E-state index contributed by atoms with van der Waals surface area (Å²) in [6, 6.07) is 0. The Kier molecular flexibility index (Phi) is 3.67. The van der Waals surface area contributed by atoms with Crippen LogP contribution in [-0.4, -0.2) is 20.3 Å². The maximum Gasteiger partial charge on any atom is 0.230 e. The molecule has 0 bridgehead atoms. The third kappa shape index (κ3) is 2.89. The second-order valence-corrected chi connectivity index (χ2v) is 7.06. The van der Waals surface area contributed by atoms with Gasteiger partial charge in [0.05, 0.1) is 12.1 Å². The summed E-state index contributed by atoms with van der Waals surface area (Å²) in [5.41, 5.74) is -0.219. The Morgan fingerprint density at radius 3 is 2.65 bits per heavy atom. The number of aromatic nitrogens is 4. The summed E-state index contributed by atoms with van der Waals surface area (Å²) < 4.78 is 11.2. The van der Waals surface area contributed by atoms with Crippen LogP contribution in [0.15, 0.2) is 8.94 Å². The van der Waals surface area contributed by atoms with Crippen LogP contribution in [0.5, 0.6) is 0 Å². The standard InChI is InChI=1S/C16H23N5O2/c1-10(2)13-20-19-12(22-13)9-17-16(7-3-4-8-16)15-18-14(23-21-15)11-5-6-11/h10-11,17H,3-9H2,1-2H3. The Bertz CT molecular complexity index is 668. The molecule has 0 aliphatic heterocycles. The van der Waals surface area contributed by atoms with E-state index in [1.807, 2.05) is 13.8 Å². The minimum Gasteiger partial charge on any atom is -0.424 e. The zero-order chi connectivity index (χ0) is 15.9. The summed E-state index contributed by atoms with van der Waals surface area (Å²) in [6.45, 7) is 4.62. The normalized spacial score (nSPS) is 20.5. The van der Waals surface area contributed by atoms with Crippen molar-refractivity contribution < 1.29 is 8.94 Å². The van der Waals surface area contributed by atoms with Gasteiger partial charge in [-0.2, -0.15) is 4.98 Å². The molecule has 2 aromatic rings. The molecule has 0 unspecified atom stereocenters. The van der Waals surface area contributed by atoms with Crippen molar-refractivity contribution in [2.75, 3.05) is 0 Å². The number of nitrogens with zero attached hydrogens (tertiary/aromatic N) is 4. The lowest BCUT2D eigenvalue weighted by Crippen LogP contribution is -2.40. The van der Waals surface area contributed by atoms with Crippen molar-refractivity contribution in [1.29, 1.82) is 0 Å². The van der Waals surface area contributed by atoms with Crippen LogP contribution in [0, 0.1) is 0 Å². The average Bonchev–Trinajstić information content (AvgIpc) is 3.01. The Morgan fingerprint density at radius 2 is 2.00 bits per heavy atom. The van der Waals surface area contributed by atoms with E-state index >= 15 is 0 Å². The lowest BCUT2D eigenvalue weighted by molar-refractivity contribution is 0.281. The van der Waals surface area contributed by atoms with Gasteiger partial charge in [0.15, 0.2) is 5.82 Å². The molecule has 2 heterocycles. The highest BCUT2D eigenvalue weighted by atomic mass is 16.5. The Hall–Kier alpha value is -1.76. The molecule has 4 rings (SSSR count). The van der Waals surface area contributed by atoms with Crippen molar-refractivity contribution in [3.05, 3.63) is 23.5 Å². The van der Waals surface area contributed by atoms with Gasteiger partial charge >= 0.3 is 0 Å².